The smallest absolute Gasteiger partial charge is 0.151 e. The summed E-state index contributed by atoms with van der Waals surface area (Å²) in [7, 11) is 0. The van der Waals surface area contributed by atoms with Gasteiger partial charge in [0.1, 0.15) is 0 Å². The molecule has 2 heteroatoms. The number of para-hydroxylation sites is 2. The molecule has 0 bridgehead atoms. The van der Waals surface area contributed by atoms with E-state index in [1.165, 1.54) is 82.7 Å². The zero-order valence-corrected chi connectivity index (χ0v) is 20.0. The van der Waals surface area contributed by atoms with E-state index in [0.717, 1.165) is 17.2 Å². The summed E-state index contributed by atoms with van der Waals surface area (Å²) in [6.07, 6.45) is 23.3. The monoisotopic (exact) mass is 421 g/mol. The molecule has 0 aromatic heterocycles. The Hall–Kier alpha value is -2.22. The molecule has 0 fully saturated rings. The molecule has 1 aliphatic heterocycles. The normalized spacial score (nSPS) is 15.9. The fourth-order valence-corrected chi connectivity index (χ4v) is 4.43. The summed E-state index contributed by atoms with van der Waals surface area (Å²) < 4.78 is 6.27. The number of fused-ring (bicyclic) bond motifs is 1. The van der Waals surface area contributed by atoms with Crippen LogP contribution in [0.25, 0.3) is 0 Å². The summed E-state index contributed by atoms with van der Waals surface area (Å²) in [5.74, 6) is 1.79. The lowest BCUT2D eigenvalue weighted by Crippen LogP contribution is -2.38. The first-order chi connectivity index (χ1) is 15.3. The molecular formula is C29H43NO. The number of anilines is 1. The first-order valence-corrected chi connectivity index (χ1v) is 12.5. The highest BCUT2D eigenvalue weighted by Gasteiger charge is 2.31. The number of hydrogen-bond donors (Lipinski definition) is 0. The Morgan fingerprint density at radius 1 is 0.806 bits per heavy atom. The molecule has 0 saturated heterocycles. The maximum Gasteiger partial charge on any atom is 0.151 e. The molecule has 170 valence electrons. The van der Waals surface area contributed by atoms with Gasteiger partial charge in [0.2, 0.25) is 0 Å². The molecule has 0 spiro atoms. The zero-order valence-electron chi connectivity index (χ0n) is 20.0. The van der Waals surface area contributed by atoms with Gasteiger partial charge in [0, 0.05) is 6.04 Å². The van der Waals surface area contributed by atoms with Crippen LogP contribution < -0.4 is 9.64 Å². The Morgan fingerprint density at radius 3 is 1.97 bits per heavy atom. The number of nitrogens with zero attached hydrogens (tertiary/aromatic N) is 1. The van der Waals surface area contributed by atoms with Crippen LogP contribution in [0.2, 0.25) is 0 Å². The highest BCUT2D eigenvalue weighted by molar-refractivity contribution is 5.69. The fraction of sp³-hybridized carbons (Fsp3) is 0.517. The molecule has 31 heavy (non-hydrogen) atoms. The van der Waals surface area contributed by atoms with Gasteiger partial charge in [-0.1, -0.05) is 115 Å². The Morgan fingerprint density at radius 2 is 1.39 bits per heavy atom. The molecule has 0 unspecified atom stereocenters. The van der Waals surface area contributed by atoms with Gasteiger partial charge in [-0.25, -0.2) is 0 Å². The Labute approximate surface area is 191 Å². The summed E-state index contributed by atoms with van der Waals surface area (Å²) in [6.45, 7) is 12.4. The summed E-state index contributed by atoms with van der Waals surface area (Å²) in [4.78, 5) is 2.52. The first kappa shape index (κ1) is 25.0. The van der Waals surface area contributed by atoms with Gasteiger partial charge in [0.15, 0.2) is 11.5 Å². The lowest BCUT2D eigenvalue weighted by atomic mass is 9.96. The second-order valence-corrected chi connectivity index (χ2v) is 8.55. The van der Waals surface area contributed by atoms with E-state index < -0.39 is 0 Å². The fourth-order valence-electron chi connectivity index (χ4n) is 4.43. The van der Waals surface area contributed by atoms with Crippen molar-refractivity contribution in [2.24, 2.45) is 0 Å². The van der Waals surface area contributed by atoms with E-state index in [4.69, 9.17) is 4.74 Å². The van der Waals surface area contributed by atoms with Gasteiger partial charge in [-0.05, 0) is 37.1 Å². The maximum atomic E-state index is 6.27. The molecule has 0 saturated carbocycles. The van der Waals surface area contributed by atoms with Gasteiger partial charge in [-0.2, -0.15) is 0 Å². The van der Waals surface area contributed by atoms with E-state index in [9.17, 15) is 0 Å². The predicted molar refractivity (Wildman–Crippen MR) is 137 cm³/mol. The van der Waals surface area contributed by atoms with Crippen molar-refractivity contribution in [1.82, 2.24) is 0 Å². The van der Waals surface area contributed by atoms with Crippen LogP contribution in [-0.2, 0) is 0 Å². The molecule has 1 aromatic rings. The van der Waals surface area contributed by atoms with Crippen molar-refractivity contribution in [3.05, 3.63) is 73.2 Å². The molecule has 1 heterocycles. The van der Waals surface area contributed by atoms with Crippen molar-refractivity contribution < 1.29 is 4.74 Å². The molecule has 0 N–H and O–H groups in total. The molecule has 1 aromatic carbocycles. The van der Waals surface area contributed by atoms with Crippen molar-refractivity contribution in [3.63, 3.8) is 0 Å². The van der Waals surface area contributed by atoms with Gasteiger partial charge in [-0.3, -0.25) is 0 Å². The number of allylic oxidation sites excluding steroid dienone is 4. The van der Waals surface area contributed by atoms with E-state index in [-0.39, 0.29) is 0 Å². The molecular weight excluding hydrogens is 378 g/mol. The Kier molecular flexibility index (Phi) is 11.9. The van der Waals surface area contributed by atoms with Crippen molar-refractivity contribution in [3.8, 4) is 5.75 Å². The van der Waals surface area contributed by atoms with Crippen LogP contribution in [-0.4, -0.2) is 6.04 Å². The molecule has 0 aliphatic carbocycles. The van der Waals surface area contributed by atoms with E-state index in [1.54, 1.807) is 0 Å². The van der Waals surface area contributed by atoms with E-state index in [1.807, 2.05) is 18.2 Å². The SMILES string of the molecule is C=C/C=C1/Oc2ccccc2N(C(CCCCCCC)CCCCCCC)/C1=C/C=C. The highest BCUT2D eigenvalue weighted by atomic mass is 16.5. The van der Waals surface area contributed by atoms with Crippen LogP contribution in [0.5, 0.6) is 5.75 Å². The number of ether oxygens (including phenoxy) is 1. The van der Waals surface area contributed by atoms with Crippen LogP contribution in [0, 0.1) is 0 Å². The van der Waals surface area contributed by atoms with Gasteiger partial charge < -0.3 is 9.64 Å². The van der Waals surface area contributed by atoms with Crippen molar-refractivity contribution >= 4 is 5.69 Å². The summed E-state index contributed by atoms with van der Waals surface area (Å²) in [6, 6.07) is 8.90. The van der Waals surface area contributed by atoms with Crippen molar-refractivity contribution in [2.75, 3.05) is 4.90 Å². The van der Waals surface area contributed by atoms with Gasteiger partial charge in [0.25, 0.3) is 0 Å². The number of benzene rings is 1. The van der Waals surface area contributed by atoms with Gasteiger partial charge >= 0.3 is 0 Å². The van der Waals surface area contributed by atoms with Crippen LogP contribution in [0.4, 0.5) is 5.69 Å². The second kappa shape index (κ2) is 14.7. The predicted octanol–water partition coefficient (Wildman–Crippen LogP) is 9.11. The second-order valence-electron chi connectivity index (χ2n) is 8.55. The summed E-state index contributed by atoms with van der Waals surface area (Å²) >= 11 is 0. The minimum atomic E-state index is 0.465. The molecule has 0 radical (unpaired) electrons. The number of rotatable bonds is 15. The Balaban J connectivity index is 2.30. The van der Waals surface area contributed by atoms with Crippen LogP contribution >= 0.6 is 0 Å². The van der Waals surface area contributed by atoms with Gasteiger partial charge in [0.05, 0.1) is 11.4 Å². The summed E-state index contributed by atoms with van der Waals surface area (Å²) in [5, 5.41) is 0. The topological polar surface area (TPSA) is 12.5 Å². The first-order valence-electron chi connectivity index (χ1n) is 12.5. The average molecular weight is 422 g/mol. The van der Waals surface area contributed by atoms with E-state index in [2.05, 4.69) is 62.2 Å². The third-order valence-corrected chi connectivity index (χ3v) is 6.05. The summed E-state index contributed by atoms with van der Waals surface area (Å²) in [5.41, 5.74) is 2.27. The standard InChI is InChI=1S/C29H43NO/c1-5-9-11-13-15-21-25(22-16-14-12-10-6-2)30-26(19-7-3)28(20-8-4)31-29-24-18-17-23-27(29)30/h7-8,17-20,23-25H,3-6,9-16,21-22H2,1-2H3/b26-19+,28-20+. The largest absolute Gasteiger partial charge is 0.453 e. The van der Waals surface area contributed by atoms with E-state index in [0.29, 0.717) is 6.04 Å². The third kappa shape index (κ3) is 7.76. The van der Waals surface area contributed by atoms with E-state index >= 15 is 0 Å². The quantitative estimate of drug-likeness (QED) is 0.262. The van der Waals surface area contributed by atoms with Crippen LogP contribution in [0.1, 0.15) is 90.9 Å². The maximum absolute atomic E-state index is 6.27. The zero-order chi connectivity index (χ0) is 22.3. The minimum Gasteiger partial charge on any atom is -0.453 e. The number of hydrogen-bond acceptors (Lipinski definition) is 2. The lowest BCUT2D eigenvalue weighted by Gasteiger charge is -2.40. The average Bonchev–Trinajstić information content (AvgIpc) is 2.78. The van der Waals surface area contributed by atoms with Gasteiger partial charge in [-0.15, -0.1) is 0 Å². The van der Waals surface area contributed by atoms with Crippen LogP contribution in [0.3, 0.4) is 0 Å². The molecule has 2 rings (SSSR count). The highest BCUT2D eigenvalue weighted by Crippen LogP contribution is 2.42. The molecule has 0 atom stereocenters. The minimum absolute atomic E-state index is 0.465. The lowest BCUT2D eigenvalue weighted by molar-refractivity contribution is 0.395. The van der Waals surface area contributed by atoms with Crippen molar-refractivity contribution in [2.45, 2.75) is 96.9 Å². The van der Waals surface area contributed by atoms with Crippen molar-refractivity contribution in [1.29, 1.82) is 0 Å². The molecule has 2 nitrogen and oxygen atoms in total. The Bertz CT molecular complexity index is 716. The number of unbranched alkanes of at least 4 members (excludes halogenated alkanes) is 8. The third-order valence-electron chi connectivity index (χ3n) is 6.05. The molecule has 1 aliphatic rings. The van der Waals surface area contributed by atoms with Crippen LogP contribution in [0.15, 0.2) is 73.2 Å². The molecule has 0 amide bonds.